The van der Waals surface area contributed by atoms with E-state index < -0.39 is 29.5 Å². The van der Waals surface area contributed by atoms with Crippen molar-refractivity contribution < 1.29 is 22.4 Å². The second kappa shape index (κ2) is 5.24. The van der Waals surface area contributed by atoms with E-state index in [1.165, 1.54) is 6.07 Å². The van der Waals surface area contributed by atoms with Gasteiger partial charge in [0.05, 0.1) is 0 Å². The number of alkyl halides is 3. The monoisotopic (exact) mass is 312 g/mol. The molecule has 1 N–H and O–H groups in total. The minimum absolute atomic E-state index is 0.0399. The summed E-state index contributed by atoms with van der Waals surface area (Å²) < 4.78 is 54.4. The molecule has 1 saturated heterocycles. The quantitative estimate of drug-likeness (QED) is 0.863. The van der Waals surface area contributed by atoms with Crippen molar-refractivity contribution >= 4 is 16.7 Å². The Morgan fingerprint density at radius 3 is 2.32 bits per heavy atom. The van der Waals surface area contributed by atoms with E-state index in [2.05, 4.69) is 5.43 Å². The first-order valence-corrected chi connectivity index (χ1v) is 6.67. The fraction of sp³-hybridized carbons (Fsp3) is 0.267. The maximum Gasteiger partial charge on any atom is 0.409 e. The largest absolute Gasteiger partial charge is 0.409 e. The van der Waals surface area contributed by atoms with Crippen LogP contribution in [0.2, 0.25) is 0 Å². The lowest BCUT2D eigenvalue weighted by Crippen LogP contribution is -2.44. The minimum atomic E-state index is -4.71. The molecule has 22 heavy (non-hydrogen) atoms. The van der Waals surface area contributed by atoms with E-state index in [-0.39, 0.29) is 13.0 Å². The summed E-state index contributed by atoms with van der Waals surface area (Å²) in [4.78, 5) is 11.2. The Balaban J connectivity index is 2.11. The van der Waals surface area contributed by atoms with Crippen molar-refractivity contribution in [3.8, 4) is 0 Å². The molecular weight excluding hydrogens is 300 g/mol. The van der Waals surface area contributed by atoms with E-state index in [0.717, 1.165) is 11.1 Å². The highest BCUT2D eigenvalue weighted by molar-refractivity contribution is 5.83. The molecule has 0 saturated carbocycles. The van der Waals surface area contributed by atoms with E-state index in [1.54, 1.807) is 24.3 Å². The van der Waals surface area contributed by atoms with Crippen LogP contribution in [0.4, 0.5) is 17.6 Å². The molecule has 1 amide bonds. The van der Waals surface area contributed by atoms with Gasteiger partial charge < -0.3 is 0 Å². The molecule has 0 bridgehead atoms. The van der Waals surface area contributed by atoms with Crippen LogP contribution < -0.4 is 5.43 Å². The molecule has 0 unspecified atom stereocenters. The Morgan fingerprint density at radius 2 is 1.77 bits per heavy atom. The van der Waals surface area contributed by atoms with Gasteiger partial charge in [0.1, 0.15) is 5.82 Å². The Bertz CT molecular complexity index is 729. The van der Waals surface area contributed by atoms with E-state index in [9.17, 15) is 22.4 Å². The molecule has 0 aromatic heterocycles. The molecule has 7 heteroatoms. The van der Waals surface area contributed by atoms with Crippen molar-refractivity contribution in [2.24, 2.45) is 0 Å². The van der Waals surface area contributed by atoms with Crippen molar-refractivity contribution in [3.63, 3.8) is 0 Å². The van der Waals surface area contributed by atoms with Gasteiger partial charge in [-0.25, -0.2) is 9.40 Å². The van der Waals surface area contributed by atoms with Gasteiger partial charge in [-0.3, -0.25) is 10.2 Å². The highest BCUT2D eigenvalue weighted by atomic mass is 19.4. The zero-order valence-electron chi connectivity index (χ0n) is 11.3. The zero-order valence-corrected chi connectivity index (χ0v) is 11.3. The number of nitrogens with one attached hydrogen (secondary N) is 1. The van der Waals surface area contributed by atoms with Crippen LogP contribution in [-0.2, 0) is 4.79 Å². The first-order chi connectivity index (χ1) is 10.4. The Kier molecular flexibility index (Phi) is 3.52. The number of carbonyl (C=O) groups excluding carboxylic acids is 1. The average Bonchev–Trinajstić information content (AvgIpc) is 2.84. The molecule has 3 nitrogen and oxygen atoms in total. The number of hydrogen-bond acceptors (Lipinski definition) is 2. The van der Waals surface area contributed by atoms with Gasteiger partial charge in [0.2, 0.25) is 5.91 Å². The number of hydrogen-bond donors (Lipinski definition) is 1. The van der Waals surface area contributed by atoms with E-state index in [4.69, 9.17) is 0 Å². The summed E-state index contributed by atoms with van der Waals surface area (Å²) in [5.41, 5.74) is 1.65. The Labute approximate surface area is 123 Å². The number of rotatable bonds is 2. The zero-order chi connectivity index (χ0) is 15.9. The van der Waals surface area contributed by atoms with Crippen molar-refractivity contribution in [3.05, 3.63) is 47.8 Å². The average molecular weight is 312 g/mol. The molecular formula is C15H12F4N2O. The van der Waals surface area contributed by atoms with Gasteiger partial charge in [-0.15, -0.1) is 0 Å². The standard InChI is InChI=1S/C15H12F4N2O/c16-12-8-10-4-2-1-3-9(10)7-11(12)14(15(17,18)19)21-6-5-13(22)20-21/h1-4,7-8,14H,5-6H2,(H,20,22)/t14-/m0/s1. The lowest BCUT2D eigenvalue weighted by molar-refractivity contribution is -0.191. The number of halogens is 4. The summed E-state index contributed by atoms with van der Waals surface area (Å²) in [6.45, 7) is -0.116. The van der Waals surface area contributed by atoms with Crippen LogP contribution in [0.15, 0.2) is 36.4 Å². The van der Waals surface area contributed by atoms with Crippen LogP contribution in [0.3, 0.4) is 0 Å². The number of nitrogens with zero attached hydrogens (tertiary/aromatic N) is 1. The van der Waals surface area contributed by atoms with Gasteiger partial charge in [-0.2, -0.15) is 13.2 Å². The van der Waals surface area contributed by atoms with Crippen LogP contribution >= 0.6 is 0 Å². The van der Waals surface area contributed by atoms with Gasteiger partial charge in [0, 0.05) is 18.5 Å². The van der Waals surface area contributed by atoms with Crippen molar-refractivity contribution in [2.75, 3.05) is 6.54 Å². The summed E-state index contributed by atoms with van der Waals surface area (Å²) in [5.74, 6) is -1.45. The highest BCUT2D eigenvalue weighted by Gasteiger charge is 2.48. The number of carbonyl (C=O) groups is 1. The molecule has 0 radical (unpaired) electrons. The van der Waals surface area contributed by atoms with Crippen LogP contribution in [0.5, 0.6) is 0 Å². The molecule has 1 atom stereocenters. The van der Waals surface area contributed by atoms with Crippen LogP contribution in [-0.4, -0.2) is 23.6 Å². The fourth-order valence-electron chi connectivity index (χ4n) is 2.65. The molecule has 0 spiro atoms. The third-order valence-electron chi connectivity index (χ3n) is 3.63. The first kappa shape index (κ1) is 14.8. The SMILES string of the molecule is O=C1CCN([C@@H](c2cc3ccccc3cc2F)C(F)(F)F)N1. The predicted octanol–water partition coefficient (Wildman–Crippen LogP) is 3.32. The smallest absolute Gasteiger partial charge is 0.288 e. The molecule has 1 aliphatic rings. The molecule has 2 aromatic rings. The second-order valence-corrected chi connectivity index (χ2v) is 5.14. The third-order valence-corrected chi connectivity index (χ3v) is 3.63. The molecule has 0 aliphatic carbocycles. The number of benzene rings is 2. The summed E-state index contributed by atoms with van der Waals surface area (Å²) in [7, 11) is 0. The molecule has 1 fully saturated rings. The molecule has 1 aliphatic heterocycles. The van der Waals surface area contributed by atoms with Crippen LogP contribution in [0.25, 0.3) is 10.8 Å². The highest BCUT2D eigenvalue weighted by Crippen LogP contribution is 2.40. The van der Waals surface area contributed by atoms with Gasteiger partial charge in [-0.1, -0.05) is 24.3 Å². The van der Waals surface area contributed by atoms with Crippen molar-refractivity contribution in [2.45, 2.75) is 18.6 Å². The normalized spacial score (nSPS) is 17.7. The van der Waals surface area contributed by atoms with Crippen LogP contribution in [0, 0.1) is 5.82 Å². The molecule has 2 aromatic carbocycles. The Hall–Kier alpha value is -2.15. The molecule has 116 valence electrons. The maximum atomic E-state index is 14.2. The lowest BCUT2D eigenvalue weighted by Gasteiger charge is -2.29. The van der Waals surface area contributed by atoms with E-state index >= 15 is 0 Å². The topological polar surface area (TPSA) is 32.3 Å². The summed E-state index contributed by atoms with van der Waals surface area (Å²) >= 11 is 0. The van der Waals surface area contributed by atoms with Gasteiger partial charge in [0.25, 0.3) is 0 Å². The van der Waals surface area contributed by atoms with E-state index in [1.807, 2.05) is 0 Å². The number of amides is 1. The Morgan fingerprint density at radius 1 is 1.14 bits per heavy atom. The summed E-state index contributed by atoms with van der Waals surface area (Å²) in [6, 6.07) is 6.67. The lowest BCUT2D eigenvalue weighted by atomic mass is 10.00. The van der Waals surface area contributed by atoms with E-state index in [0.29, 0.717) is 10.8 Å². The van der Waals surface area contributed by atoms with Gasteiger partial charge >= 0.3 is 6.18 Å². The minimum Gasteiger partial charge on any atom is -0.288 e. The van der Waals surface area contributed by atoms with Crippen molar-refractivity contribution in [1.82, 2.24) is 10.4 Å². The van der Waals surface area contributed by atoms with Gasteiger partial charge in [-0.05, 0) is 22.9 Å². The third kappa shape index (κ3) is 2.64. The van der Waals surface area contributed by atoms with Crippen LogP contribution in [0.1, 0.15) is 18.0 Å². The first-order valence-electron chi connectivity index (χ1n) is 6.67. The summed E-state index contributed by atoms with van der Waals surface area (Å²) in [6.07, 6.45) is -4.75. The van der Waals surface area contributed by atoms with Crippen molar-refractivity contribution in [1.29, 1.82) is 0 Å². The molecule has 3 rings (SSSR count). The second-order valence-electron chi connectivity index (χ2n) is 5.14. The maximum absolute atomic E-state index is 14.2. The molecule has 1 heterocycles. The number of fused-ring (bicyclic) bond motifs is 1. The van der Waals surface area contributed by atoms with Gasteiger partial charge in [0.15, 0.2) is 6.04 Å². The fourth-order valence-corrected chi connectivity index (χ4v) is 2.65. The number of hydrazine groups is 1. The predicted molar refractivity (Wildman–Crippen MR) is 72.2 cm³/mol. The summed E-state index contributed by atoms with van der Waals surface area (Å²) in [5, 5.41) is 1.78.